The Balaban J connectivity index is 1.44. The quantitative estimate of drug-likeness (QED) is 0.556. The third-order valence-corrected chi connectivity index (χ3v) is 6.24. The van der Waals surface area contributed by atoms with Crippen molar-refractivity contribution >= 4 is 39.4 Å². The van der Waals surface area contributed by atoms with Gasteiger partial charge in [-0.3, -0.25) is 4.79 Å². The molecule has 3 heterocycles. The minimum absolute atomic E-state index is 0.0928. The van der Waals surface area contributed by atoms with Crippen LogP contribution in [0.4, 0.5) is 5.82 Å². The zero-order valence-electron chi connectivity index (χ0n) is 15.8. The van der Waals surface area contributed by atoms with Gasteiger partial charge in [0, 0.05) is 41.4 Å². The molecule has 1 amide bonds. The molecule has 1 aromatic carbocycles. The molecule has 1 aliphatic rings. The molecule has 0 atom stereocenters. The van der Waals surface area contributed by atoms with Crippen LogP contribution in [0.15, 0.2) is 75.3 Å². The fourth-order valence-electron chi connectivity index (χ4n) is 3.25. The van der Waals surface area contributed by atoms with Gasteiger partial charge in [-0.2, -0.15) is 0 Å². The van der Waals surface area contributed by atoms with Gasteiger partial charge in [0.25, 0.3) is 5.91 Å². The van der Waals surface area contributed by atoms with Crippen LogP contribution in [0.2, 0.25) is 0 Å². The first-order valence-electron chi connectivity index (χ1n) is 9.55. The van der Waals surface area contributed by atoms with E-state index in [2.05, 4.69) is 42.2 Å². The molecule has 1 aliphatic heterocycles. The number of rotatable bonds is 6. The topological polar surface area (TPSA) is 58.1 Å². The number of pyridine rings is 2. The van der Waals surface area contributed by atoms with E-state index in [1.165, 1.54) is 24.6 Å². The molecule has 1 fully saturated rings. The minimum Gasteiger partial charge on any atom is -0.357 e. The molecule has 29 heavy (non-hydrogen) atoms. The van der Waals surface area contributed by atoms with Gasteiger partial charge in [0.05, 0.1) is 5.56 Å². The summed E-state index contributed by atoms with van der Waals surface area (Å²) >= 11 is 4.88. The van der Waals surface area contributed by atoms with Gasteiger partial charge in [-0.1, -0.05) is 23.9 Å². The van der Waals surface area contributed by atoms with Crippen LogP contribution in [0.25, 0.3) is 0 Å². The molecule has 0 radical (unpaired) electrons. The van der Waals surface area contributed by atoms with E-state index >= 15 is 0 Å². The number of benzene rings is 1. The second-order valence-corrected chi connectivity index (χ2v) is 8.79. The predicted molar refractivity (Wildman–Crippen MR) is 119 cm³/mol. The van der Waals surface area contributed by atoms with E-state index in [-0.39, 0.29) is 5.91 Å². The molecule has 3 aromatic rings. The predicted octanol–water partition coefficient (Wildman–Crippen LogP) is 4.92. The molecule has 4 rings (SSSR count). The Morgan fingerprint density at radius 3 is 2.72 bits per heavy atom. The second-order valence-electron chi connectivity index (χ2n) is 6.81. The lowest BCUT2D eigenvalue weighted by atomic mass is 10.2. The molecule has 148 valence electrons. The monoisotopic (exact) mass is 468 g/mol. The summed E-state index contributed by atoms with van der Waals surface area (Å²) in [5.74, 6) is 0.899. The van der Waals surface area contributed by atoms with Crippen LogP contribution < -0.4 is 10.2 Å². The van der Waals surface area contributed by atoms with Gasteiger partial charge in [0.1, 0.15) is 10.8 Å². The Labute approximate surface area is 183 Å². The van der Waals surface area contributed by atoms with Crippen molar-refractivity contribution in [2.24, 2.45) is 0 Å². The third-order valence-electron chi connectivity index (χ3n) is 4.74. The summed E-state index contributed by atoms with van der Waals surface area (Å²) in [6.07, 6.45) is 6.00. The van der Waals surface area contributed by atoms with E-state index in [0.717, 1.165) is 38.9 Å². The van der Waals surface area contributed by atoms with Gasteiger partial charge in [0.15, 0.2) is 0 Å². The summed E-state index contributed by atoms with van der Waals surface area (Å²) in [5, 5.41) is 3.89. The highest BCUT2D eigenvalue weighted by Gasteiger charge is 2.15. The third kappa shape index (κ3) is 5.16. The SMILES string of the molecule is O=C(NCc1ccnc(N2CCCC2)c1)c1ccccc1Sc1ccc(Br)cn1. The van der Waals surface area contributed by atoms with E-state index < -0.39 is 0 Å². The highest BCUT2D eigenvalue weighted by atomic mass is 79.9. The summed E-state index contributed by atoms with van der Waals surface area (Å²) in [4.78, 5) is 24.9. The van der Waals surface area contributed by atoms with Crippen molar-refractivity contribution in [2.75, 3.05) is 18.0 Å². The number of nitrogens with zero attached hydrogens (tertiary/aromatic N) is 3. The number of carbonyl (C=O) groups excluding carboxylic acids is 1. The second kappa shape index (κ2) is 9.41. The smallest absolute Gasteiger partial charge is 0.252 e. The van der Waals surface area contributed by atoms with Crippen LogP contribution in [0.1, 0.15) is 28.8 Å². The summed E-state index contributed by atoms with van der Waals surface area (Å²) in [5.41, 5.74) is 1.70. The van der Waals surface area contributed by atoms with Crippen molar-refractivity contribution in [1.29, 1.82) is 0 Å². The number of anilines is 1. The van der Waals surface area contributed by atoms with E-state index in [9.17, 15) is 4.79 Å². The van der Waals surface area contributed by atoms with Gasteiger partial charge in [-0.15, -0.1) is 0 Å². The first-order valence-corrected chi connectivity index (χ1v) is 11.2. The molecule has 0 spiro atoms. The lowest BCUT2D eigenvalue weighted by molar-refractivity contribution is 0.0948. The number of hydrogen-bond acceptors (Lipinski definition) is 5. The number of carbonyl (C=O) groups is 1. The van der Waals surface area contributed by atoms with Crippen LogP contribution in [0.5, 0.6) is 0 Å². The lowest BCUT2D eigenvalue weighted by Crippen LogP contribution is -2.24. The van der Waals surface area contributed by atoms with Crippen LogP contribution in [0, 0.1) is 0 Å². The maximum absolute atomic E-state index is 12.8. The average Bonchev–Trinajstić information content (AvgIpc) is 3.29. The van der Waals surface area contributed by atoms with Crippen molar-refractivity contribution in [3.63, 3.8) is 0 Å². The summed E-state index contributed by atoms with van der Waals surface area (Å²) < 4.78 is 0.929. The van der Waals surface area contributed by atoms with Gasteiger partial charge in [0.2, 0.25) is 0 Å². The largest absolute Gasteiger partial charge is 0.357 e. The highest BCUT2D eigenvalue weighted by molar-refractivity contribution is 9.10. The van der Waals surface area contributed by atoms with Gasteiger partial charge in [-0.25, -0.2) is 9.97 Å². The molecular weight excluding hydrogens is 448 g/mol. The summed E-state index contributed by atoms with van der Waals surface area (Å²) in [6, 6.07) is 15.5. The normalized spacial score (nSPS) is 13.5. The average molecular weight is 469 g/mol. The number of nitrogens with one attached hydrogen (secondary N) is 1. The van der Waals surface area contributed by atoms with E-state index in [1.807, 2.05) is 48.7 Å². The van der Waals surface area contributed by atoms with Crippen LogP contribution in [0.3, 0.4) is 0 Å². The number of aromatic nitrogens is 2. The van der Waals surface area contributed by atoms with Gasteiger partial charge >= 0.3 is 0 Å². The minimum atomic E-state index is -0.0928. The van der Waals surface area contributed by atoms with Gasteiger partial charge < -0.3 is 10.2 Å². The zero-order chi connectivity index (χ0) is 20.1. The molecule has 0 bridgehead atoms. The van der Waals surface area contributed by atoms with E-state index in [4.69, 9.17) is 0 Å². The highest BCUT2D eigenvalue weighted by Crippen LogP contribution is 2.29. The van der Waals surface area contributed by atoms with Crippen molar-refractivity contribution in [3.8, 4) is 0 Å². The lowest BCUT2D eigenvalue weighted by Gasteiger charge is -2.17. The Kier molecular flexibility index (Phi) is 6.46. The Bertz CT molecular complexity index is 990. The van der Waals surface area contributed by atoms with E-state index in [0.29, 0.717) is 12.1 Å². The van der Waals surface area contributed by atoms with E-state index in [1.54, 1.807) is 6.20 Å². The first kappa shape index (κ1) is 19.9. The maximum Gasteiger partial charge on any atom is 0.252 e. The standard InChI is InChI=1S/C22H21BrN4OS/c23-17-7-8-21(25-15-17)29-19-6-2-1-5-18(19)22(28)26-14-16-9-10-24-20(13-16)27-11-3-4-12-27/h1-2,5-10,13,15H,3-4,11-12,14H2,(H,26,28). The Morgan fingerprint density at radius 1 is 1.10 bits per heavy atom. The fraction of sp³-hybridized carbons (Fsp3) is 0.227. The zero-order valence-corrected chi connectivity index (χ0v) is 18.2. The molecule has 0 unspecified atom stereocenters. The molecule has 1 N–H and O–H groups in total. The van der Waals surface area contributed by atoms with Gasteiger partial charge in [-0.05, 0) is 70.7 Å². The molecule has 2 aromatic heterocycles. The van der Waals surface area contributed by atoms with Crippen molar-refractivity contribution < 1.29 is 4.79 Å². The molecular formula is C22H21BrN4OS. The molecule has 1 saturated heterocycles. The molecule has 7 heteroatoms. The molecule has 5 nitrogen and oxygen atoms in total. The van der Waals surface area contributed by atoms with Crippen LogP contribution >= 0.6 is 27.7 Å². The van der Waals surface area contributed by atoms with Crippen LogP contribution in [-0.2, 0) is 6.54 Å². The molecule has 0 aliphatic carbocycles. The maximum atomic E-state index is 12.8. The van der Waals surface area contributed by atoms with Crippen molar-refractivity contribution in [1.82, 2.24) is 15.3 Å². The number of halogens is 1. The summed E-state index contributed by atoms with van der Waals surface area (Å²) in [7, 11) is 0. The van der Waals surface area contributed by atoms with Crippen LogP contribution in [-0.4, -0.2) is 29.0 Å². The molecule has 0 saturated carbocycles. The fourth-order valence-corrected chi connectivity index (χ4v) is 4.36. The Hall–Kier alpha value is -2.38. The van der Waals surface area contributed by atoms with Crippen molar-refractivity contribution in [3.05, 3.63) is 76.5 Å². The summed E-state index contributed by atoms with van der Waals surface area (Å²) in [6.45, 7) is 2.58. The number of amides is 1. The number of hydrogen-bond donors (Lipinski definition) is 1. The first-order chi connectivity index (χ1) is 14.2. The van der Waals surface area contributed by atoms with Crippen molar-refractivity contribution in [2.45, 2.75) is 29.3 Å². The Morgan fingerprint density at radius 2 is 1.93 bits per heavy atom.